The number of hydrogen-bond acceptors (Lipinski definition) is 5. The molecule has 1 aromatic rings. The second kappa shape index (κ2) is 6.68. The van der Waals surface area contributed by atoms with Crippen LogP contribution in [0.15, 0.2) is 6.20 Å². The molecule has 0 radical (unpaired) electrons. The normalized spacial score (nSPS) is 16.0. The number of hydrogen-bond donors (Lipinski definition) is 3. The van der Waals surface area contributed by atoms with Crippen LogP contribution in [0, 0.1) is 0 Å². The van der Waals surface area contributed by atoms with Crippen LogP contribution >= 0.6 is 0 Å². The van der Waals surface area contributed by atoms with Crippen molar-refractivity contribution in [1.29, 1.82) is 0 Å². The molecule has 1 aliphatic carbocycles. The second-order valence-corrected chi connectivity index (χ2v) is 6.83. The van der Waals surface area contributed by atoms with Crippen molar-refractivity contribution in [3.63, 3.8) is 0 Å². The van der Waals surface area contributed by atoms with Crippen molar-refractivity contribution >= 4 is 17.7 Å². The predicted molar refractivity (Wildman–Crippen MR) is 89.3 cm³/mol. The summed E-state index contributed by atoms with van der Waals surface area (Å²) in [5.74, 6) is 0.339. The molecule has 4 N–H and O–H groups in total. The zero-order chi connectivity index (χ0) is 17.1. The monoisotopic (exact) mass is 323 g/mol. The molecular formula is C16H26FN5O. The molecule has 6 nitrogen and oxygen atoms in total. The largest absolute Gasteiger partial charge is 0.365 e. The van der Waals surface area contributed by atoms with Gasteiger partial charge in [0.25, 0.3) is 5.91 Å². The summed E-state index contributed by atoms with van der Waals surface area (Å²) in [6, 6.07) is 0. The lowest BCUT2D eigenvalue weighted by atomic mass is 10.1. The zero-order valence-corrected chi connectivity index (χ0v) is 14.1. The van der Waals surface area contributed by atoms with Crippen LogP contribution in [0.2, 0.25) is 0 Å². The van der Waals surface area contributed by atoms with E-state index in [9.17, 15) is 9.18 Å². The Morgan fingerprint density at radius 2 is 2.17 bits per heavy atom. The zero-order valence-electron chi connectivity index (χ0n) is 14.1. The lowest BCUT2D eigenvalue weighted by molar-refractivity contribution is 0.100. The van der Waals surface area contributed by atoms with Gasteiger partial charge in [-0.1, -0.05) is 6.92 Å². The van der Waals surface area contributed by atoms with Gasteiger partial charge in [-0.05, 0) is 46.0 Å². The summed E-state index contributed by atoms with van der Waals surface area (Å²) in [6.45, 7) is 5.80. The van der Waals surface area contributed by atoms with Gasteiger partial charge < -0.3 is 16.4 Å². The number of nitrogens with two attached hydrogens (primary N) is 1. The Labute approximate surface area is 136 Å². The molecule has 0 atom stereocenters. The minimum atomic E-state index is -1.18. The maximum atomic E-state index is 13.4. The number of primary amides is 1. The van der Waals surface area contributed by atoms with E-state index in [1.807, 2.05) is 0 Å². The molecule has 0 aromatic carbocycles. The fourth-order valence-electron chi connectivity index (χ4n) is 2.42. The number of aromatic nitrogens is 2. The summed E-state index contributed by atoms with van der Waals surface area (Å²) in [4.78, 5) is 20.0. The third-order valence-corrected chi connectivity index (χ3v) is 4.20. The summed E-state index contributed by atoms with van der Waals surface area (Å²) >= 11 is 0. The van der Waals surface area contributed by atoms with E-state index in [2.05, 4.69) is 27.5 Å². The van der Waals surface area contributed by atoms with Crippen LogP contribution < -0.4 is 16.4 Å². The van der Waals surface area contributed by atoms with Crippen LogP contribution in [-0.4, -0.2) is 33.6 Å². The van der Waals surface area contributed by atoms with Crippen molar-refractivity contribution in [3.05, 3.63) is 11.8 Å². The van der Waals surface area contributed by atoms with E-state index in [1.165, 1.54) is 6.20 Å². The molecule has 1 fully saturated rings. The van der Waals surface area contributed by atoms with Gasteiger partial charge in [-0.2, -0.15) is 4.98 Å². The number of nitrogens with one attached hydrogen (secondary N) is 2. The lowest BCUT2D eigenvalue weighted by Gasteiger charge is -2.18. The number of alkyl halides is 1. The van der Waals surface area contributed by atoms with E-state index in [1.54, 1.807) is 13.8 Å². The SMILES string of the molecule is CCC1(Nc2nc(NCCCC(C)(C)F)ncc2C(N)=O)CC1. The minimum Gasteiger partial charge on any atom is -0.365 e. The van der Waals surface area contributed by atoms with E-state index in [-0.39, 0.29) is 5.54 Å². The summed E-state index contributed by atoms with van der Waals surface area (Å²) in [6.07, 6.45) is 5.64. The Morgan fingerprint density at radius 3 is 2.70 bits per heavy atom. The first kappa shape index (κ1) is 17.4. The van der Waals surface area contributed by atoms with Crippen LogP contribution in [0.5, 0.6) is 0 Å². The Kier molecular flexibility index (Phi) is 5.06. The van der Waals surface area contributed by atoms with Crippen molar-refractivity contribution in [3.8, 4) is 0 Å². The Bertz CT molecular complexity index is 566. The van der Waals surface area contributed by atoms with Crippen molar-refractivity contribution in [2.45, 2.75) is 64.1 Å². The summed E-state index contributed by atoms with van der Waals surface area (Å²) in [7, 11) is 0. The standard InChI is InChI=1S/C16H26FN5O/c1-4-16(7-8-16)22-13-11(12(18)23)10-20-14(21-13)19-9-5-6-15(2,3)17/h10H,4-9H2,1-3H3,(H2,18,23)(H2,19,20,21,22). The van der Waals surface area contributed by atoms with Crippen LogP contribution in [0.25, 0.3) is 0 Å². The van der Waals surface area contributed by atoms with Gasteiger partial charge >= 0.3 is 0 Å². The van der Waals surface area contributed by atoms with Gasteiger partial charge in [0.15, 0.2) is 0 Å². The van der Waals surface area contributed by atoms with Crippen LogP contribution in [-0.2, 0) is 0 Å². The van der Waals surface area contributed by atoms with Gasteiger partial charge in [-0.15, -0.1) is 0 Å². The number of rotatable bonds is 9. The van der Waals surface area contributed by atoms with E-state index in [4.69, 9.17) is 5.73 Å². The lowest BCUT2D eigenvalue weighted by Crippen LogP contribution is -2.25. The molecule has 1 heterocycles. The third-order valence-electron chi connectivity index (χ3n) is 4.20. The van der Waals surface area contributed by atoms with Gasteiger partial charge in [0.05, 0.1) is 5.56 Å². The molecule has 1 amide bonds. The molecule has 0 aliphatic heterocycles. The Morgan fingerprint density at radius 1 is 1.48 bits per heavy atom. The van der Waals surface area contributed by atoms with E-state index in [0.717, 1.165) is 19.3 Å². The molecule has 0 spiro atoms. The van der Waals surface area contributed by atoms with Gasteiger partial charge in [-0.25, -0.2) is 9.37 Å². The first-order chi connectivity index (χ1) is 10.7. The minimum absolute atomic E-state index is 0.0219. The Balaban J connectivity index is 2.02. The highest BCUT2D eigenvalue weighted by molar-refractivity contribution is 5.97. The molecule has 0 saturated heterocycles. The second-order valence-electron chi connectivity index (χ2n) is 6.83. The quantitative estimate of drug-likeness (QED) is 0.608. The molecule has 7 heteroatoms. The van der Waals surface area contributed by atoms with Gasteiger partial charge in [0.1, 0.15) is 11.5 Å². The van der Waals surface area contributed by atoms with Crippen LogP contribution in [0.1, 0.15) is 63.2 Å². The van der Waals surface area contributed by atoms with Crippen LogP contribution in [0.3, 0.4) is 0 Å². The number of carbonyl (C=O) groups excluding carboxylic acids is 1. The third kappa shape index (κ3) is 5.04. The summed E-state index contributed by atoms with van der Waals surface area (Å²) < 4.78 is 13.4. The average molecular weight is 323 g/mol. The number of amides is 1. The fraction of sp³-hybridized carbons (Fsp3) is 0.688. The topological polar surface area (TPSA) is 92.9 Å². The highest BCUT2D eigenvalue weighted by atomic mass is 19.1. The van der Waals surface area contributed by atoms with Gasteiger partial charge in [-0.3, -0.25) is 4.79 Å². The molecule has 128 valence electrons. The molecule has 2 rings (SSSR count). The van der Waals surface area contributed by atoms with E-state index in [0.29, 0.717) is 36.7 Å². The van der Waals surface area contributed by atoms with Gasteiger partial charge in [0, 0.05) is 18.3 Å². The summed E-state index contributed by atoms with van der Waals surface area (Å²) in [5, 5.41) is 6.40. The fourth-order valence-corrected chi connectivity index (χ4v) is 2.42. The Hall–Kier alpha value is -1.92. The van der Waals surface area contributed by atoms with Crippen molar-refractivity contribution < 1.29 is 9.18 Å². The number of halogens is 1. The molecular weight excluding hydrogens is 297 g/mol. The number of nitrogens with zero attached hydrogens (tertiary/aromatic N) is 2. The van der Waals surface area contributed by atoms with Crippen molar-refractivity contribution in [2.75, 3.05) is 17.2 Å². The molecule has 1 aliphatic rings. The molecule has 23 heavy (non-hydrogen) atoms. The average Bonchev–Trinajstić information content (AvgIpc) is 3.23. The molecule has 1 saturated carbocycles. The van der Waals surface area contributed by atoms with E-state index < -0.39 is 11.6 Å². The first-order valence-corrected chi connectivity index (χ1v) is 8.12. The molecule has 0 bridgehead atoms. The molecule has 1 aromatic heterocycles. The smallest absolute Gasteiger partial charge is 0.254 e. The van der Waals surface area contributed by atoms with Gasteiger partial charge in [0.2, 0.25) is 5.95 Å². The maximum absolute atomic E-state index is 13.4. The molecule has 0 unspecified atom stereocenters. The predicted octanol–water partition coefficient (Wildman–Crippen LogP) is 2.87. The van der Waals surface area contributed by atoms with Crippen molar-refractivity contribution in [1.82, 2.24) is 9.97 Å². The number of anilines is 2. The maximum Gasteiger partial charge on any atom is 0.254 e. The number of carbonyl (C=O) groups is 1. The highest BCUT2D eigenvalue weighted by Gasteiger charge is 2.41. The highest BCUT2D eigenvalue weighted by Crippen LogP contribution is 2.41. The van der Waals surface area contributed by atoms with Crippen LogP contribution in [0.4, 0.5) is 16.2 Å². The first-order valence-electron chi connectivity index (χ1n) is 8.12. The van der Waals surface area contributed by atoms with E-state index >= 15 is 0 Å². The summed E-state index contributed by atoms with van der Waals surface area (Å²) in [5.41, 5.74) is 4.53. The van der Waals surface area contributed by atoms with Crippen molar-refractivity contribution in [2.24, 2.45) is 5.73 Å².